The van der Waals surface area contributed by atoms with E-state index >= 15 is 0 Å². The molecule has 1 heterocycles. The maximum Gasteiger partial charge on any atom is 0.280 e. The van der Waals surface area contributed by atoms with Gasteiger partial charge in [-0.3, -0.25) is 4.79 Å². The quantitative estimate of drug-likeness (QED) is 0.517. The molecule has 2 aromatic carbocycles. The van der Waals surface area contributed by atoms with E-state index in [0.717, 1.165) is 15.6 Å². The van der Waals surface area contributed by atoms with E-state index in [1.165, 1.54) is 17.6 Å². The first-order valence-corrected chi connectivity index (χ1v) is 8.71. The van der Waals surface area contributed by atoms with Gasteiger partial charge in [-0.05, 0) is 24.6 Å². The molecule has 0 atom stereocenters. The van der Waals surface area contributed by atoms with Gasteiger partial charge in [-0.25, -0.2) is 5.43 Å². The summed E-state index contributed by atoms with van der Waals surface area (Å²) in [5.41, 5.74) is 3.95. The van der Waals surface area contributed by atoms with Gasteiger partial charge in [-0.2, -0.15) is 5.10 Å². The first-order valence-electron chi connectivity index (χ1n) is 7.89. The molecule has 0 unspecified atom stereocenters. The highest BCUT2D eigenvalue weighted by atomic mass is 32.1. The Kier molecular flexibility index (Phi) is 5.60. The van der Waals surface area contributed by atoms with Gasteiger partial charge in [0, 0.05) is 10.1 Å². The lowest BCUT2D eigenvalue weighted by Crippen LogP contribution is -2.22. The van der Waals surface area contributed by atoms with Crippen molar-refractivity contribution in [1.29, 1.82) is 0 Å². The third kappa shape index (κ3) is 4.25. The highest BCUT2D eigenvalue weighted by Gasteiger charge is 2.08. The summed E-state index contributed by atoms with van der Waals surface area (Å²) in [5.74, 6) is -0.283. The van der Waals surface area contributed by atoms with Crippen LogP contribution < -0.4 is 5.43 Å². The molecule has 6 nitrogen and oxygen atoms in total. The number of hydrogen-bond donors (Lipinski definition) is 2. The van der Waals surface area contributed by atoms with Crippen LogP contribution >= 0.6 is 11.3 Å². The Balaban J connectivity index is 1.52. The molecular weight excluding hydrogens is 350 g/mol. The van der Waals surface area contributed by atoms with Crippen LogP contribution in [0.1, 0.15) is 17.4 Å². The lowest BCUT2D eigenvalue weighted by atomic mass is 10.1. The predicted molar refractivity (Wildman–Crippen MR) is 104 cm³/mol. The van der Waals surface area contributed by atoms with Gasteiger partial charge in [0.25, 0.3) is 5.91 Å². The monoisotopic (exact) mass is 367 g/mol. The molecule has 3 rings (SSSR count). The van der Waals surface area contributed by atoms with Gasteiger partial charge in [-0.1, -0.05) is 47.6 Å². The Morgan fingerprint density at radius 1 is 1.19 bits per heavy atom. The van der Waals surface area contributed by atoms with E-state index < -0.39 is 5.91 Å². The van der Waals surface area contributed by atoms with E-state index in [2.05, 4.69) is 15.7 Å². The average molecular weight is 367 g/mol. The molecule has 0 spiro atoms. The maximum absolute atomic E-state index is 11.7. The van der Waals surface area contributed by atoms with Crippen LogP contribution in [0.2, 0.25) is 0 Å². The van der Waals surface area contributed by atoms with Crippen molar-refractivity contribution in [3.05, 3.63) is 65.0 Å². The number of carbonyl (C=O) groups excluding carboxylic acids is 1. The van der Waals surface area contributed by atoms with Crippen LogP contribution in [0.3, 0.4) is 0 Å². The molecule has 0 aliphatic heterocycles. The second-order valence-corrected chi connectivity index (χ2v) is 6.50. The molecule has 0 saturated carbocycles. The van der Waals surface area contributed by atoms with Crippen LogP contribution in [0, 0.1) is 0 Å². The Bertz CT molecular complexity index is 965. The van der Waals surface area contributed by atoms with Gasteiger partial charge in [0.15, 0.2) is 6.61 Å². The minimum Gasteiger partial charge on any atom is -0.506 e. The largest absolute Gasteiger partial charge is 0.506 e. The Hall–Kier alpha value is -3.19. The van der Waals surface area contributed by atoms with Crippen molar-refractivity contribution in [2.75, 3.05) is 6.61 Å². The highest BCUT2D eigenvalue weighted by molar-refractivity contribution is 7.21. The zero-order chi connectivity index (χ0) is 18.4. The molecule has 26 heavy (non-hydrogen) atoms. The maximum atomic E-state index is 11.7. The molecule has 1 amide bonds. The number of nitrogens with zero attached hydrogens (tertiary/aromatic N) is 2. The van der Waals surface area contributed by atoms with Crippen LogP contribution in [-0.2, 0) is 9.63 Å². The summed E-state index contributed by atoms with van der Waals surface area (Å²) in [6.07, 6.45) is 1.41. The number of aromatic hydroxyl groups is 1. The van der Waals surface area contributed by atoms with Gasteiger partial charge in [0.2, 0.25) is 0 Å². The topological polar surface area (TPSA) is 83.3 Å². The van der Waals surface area contributed by atoms with Crippen molar-refractivity contribution in [2.45, 2.75) is 6.92 Å². The summed E-state index contributed by atoms with van der Waals surface area (Å²) < 4.78 is 0.951. The molecule has 0 bridgehead atoms. The van der Waals surface area contributed by atoms with Crippen LogP contribution in [0.4, 0.5) is 0 Å². The average Bonchev–Trinajstić information content (AvgIpc) is 2.98. The van der Waals surface area contributed by atoms with Gasteiger partial charge in [-0.15, -0.1) is 11.3 Å². The smallest absolute Gasteiger partial charge is 0.280 e. The van der Waals surface area contributed by atoms with Crippen molar-refractivity contribution in [3.8, 4) is 5.75 Å². The Labute approximate surface area is 154 Å². The summed E-state index contributed by atoms with van der Waals surface area (Å²) in [7, 11) is 0. The van der Waals surface area contributed by atoms with E-state index in [-0.39, 0.29) is 12.4 Å². The lowest BCUT2D eigenvalue weighted by molar-refractivity contribution is -0.125. The van der Waals surface area contributed by atoms with Crippen LogP contribution in [0.5, 0.6) is 5.75 Å². The Morgan fingerprint density at radius 3 is 2.69 bits per heavy atom. The highest BCUT2D eigenvalue weighted by Crippen LogP contribution is 2.35. The third-order valence-corrected chi connectivity index (χ3v) is 4.65. The van der Waals surface area contributed by atoms with Gasteiger partial charge >= 0.3 is 0 Å². The van der Waals surface area contributed by atoms with Crippen molar-refractivity contribution in [3.63, 3.8) is 0 Å². The molecule has 1 aromatic heterocycles. The predicted octanol–water partition coefficient (Wildman–Crippen LogP) is 3.50. The minimum absolute atomic E-state index is 0.155. The number of thiophene rings is 1. The summed E-state index contributed by atoms with van der Waals surface area (Å²) in [6.45, 7) is 1.55. The van der Waals surface area contributed by atoms with Crippen molar-refractivity contribution >= 4 is 39.3 Å². The summed E-state index contributed by atoms with van der Waals surface area (Å²) in [4.78, 5) is 17.3. The zero-order valence-corrected chi connectivity index (χ0v) is 14.9. The normalized spacial score (nSPS) is 11.8. The number of nitrogens with one attached hydrogen (secondary N) is 1. The van der Waals surface area contributed by atoms with Crippen molar-refractivity contribution < 1.29 is 14.7 Å². The molecule has 0 radical (unpaired) electrons. The molecule has 0 aliphatic rings. The number of benzene rings is 2. The fourth-order valence-electron chi connectivity index (χ4n) is 2.25. The number of oxime groups is 1. The van der Waals surface area contributed by atoms with E-state index in [4.69, 9.17) is 4.84 Å². The van der Waals surface area contributed by atoms with E-state index in [9.17, 15) is 9.90 Å². The first kappa shape index (κ1) is 17.6. The van der Waals surface area contributed by atoms with E-state index in [1.54, 1.807) is 6.92 Å². The SMILES string of the molecule is C/C(=N\OCC(=O)N/N=C\c1sc2ccccc2c1O)c1ccccc1. The van der Waals surface area contributed by atoms with E-state index in [1.807, 2.05) is 54.6 Å². The summed E-state index contributed by atoms with van der Waals surface area (Å²) in [6, 6.07) is 17.0. The fraction of sp³-hybridized carbons (Fsp3) is 0.105. The number of hydrogen-bond acceptors (Lipinski definition) is 6. The standard InChI is InChI=1S/C19H17N3O3S/c1-13(14-7-3-2-4-8-14)22-25-12-18(23)21-20-11-17-19(24)15-9-5-6-10-16(15)26-17/h2-11,24H,12H2,1H3,(H,21,23)/b20-11-,22-13+. The number of carbonyl (C=O) groups is 1. The third-order valence-electron chi connectivity index (χ3n) is 3.56. The Morgan fingerprint density at radius 2 is 1.92 bits per heavy atom. The zero-order valence-electron chi connectivity index (χ0n) is 14.0. The first-order chi connectivity index (χ1) is 12.6. The second-order valence-electron chi connectivity index (χ2n) is 5.42. The summed E-state index contributed by atoms with van der Waals surface area (Å²) in [5, 5.41) is 18.7. The van der Waals surface area contributed by atoms with Gasteiger partial charge in [0.1, 0.15) is 5.75 Å². The van der Waals surface area contributed by atoms with Gasteiger partial charge in [0.05, 0.1) is 16.8 Å². The summed E-state index contributed by atoms with van der Waals surface area (Å²) >= 11 is 1.39. The fourth-order valence-corrected chi connectivity index (χ4v) is 3.22. The van der Waals surface area contributed by atoms with Crippen LogP contribution in [-0.4, -0.2) is 29.5 Å². The number of rotatable bonds is 6. The van der Waals surface area contributed by atoms with E-state index in [0.29, 0.717) is 10.6 Å². The molecule has 132 valence electrons. The molecule has 2 N–H and O–H groups in total. The second kappa shape index (κ2) is 8.26. The molecule has 7 heteroatoms. The van der Waals surface area contributed by atoms with Crippen molar-refractivity contribution in [1.82, 2.24) is 5.43 Å². The minimum atomic E-state index is -0.438. The van der Waals surface area contributed by atoms with Gasteiger partial charge < -0.3 is 9.94 Å². The molecule has 0 aliphatic carbocycles. The number of hydrazone groups is 1. The van der Waals surface area contributed by atoms with Crippen molar-refractivity contribution in [2.24, 2.45) is 10.3 Å². The molecule has 3 aromatic rings. The molecular formula is C19H17N3O3S. The molecule has 0 fully saturated rings. The molecule has 0 saturated heterocycles. The number of fused-ring (bicyclic) bond motifs is 1. The van der Waals surface area contributed by atoms with Crippen LogP contribution in [0.15, 0.2) is 64.9 Å². The number of amides is 1. The van der Waals surface area contributed by atoms with Crippen LogP contribution in [0.25, 0.3) is 10.1 Å². The lowest BCUT2D eigenvalue weighted by Gasteiger charge is -2.01.